The number of nitrogens with two attached hydrogens (primary N) is 1. The molecule has 0 bridgehead atoms. The molecule has 0 aliphatic rings. The number of anilines is 1. The van der Waals surface area contributed by atoms with E-state index < -0.39 is 0 Å². The molecule has 102 valence electrons. The fourth-order valence-corrected chi connectivity index (χ4v) is 1.97. The van der Waals surface area contributed by atoms with Gasteiger partial charge in [-0.1, -0.05) is 17.7 Å². The van der Waals surface area contributed by atoms with Gasteiger partial charge in [0.15, 0.2) is 11.5 Å². The van der Waals surface area contributed by atoms with Gasteiger partial charge in [-0.3, -0.25) is 0 Å². The summed E-state index contributed by atoms with van der Waals surface area (Å²) in [5.74, 6) is 1.03. The van der Waals surface area contributed by atoms with Crippen LogP contribution in [0.3, 0.4) is 0 Å². The highest BCUT2D eigenvalue weighted by Gasteiger charge is 2.09. The molecule has 0 saturated heterocycles. The second kappa shape index (κ2) is 6.18. The van der Waals surface area contributed by atoms with E-state index in [1.807, 2.05) is 6.07 Å². The smallest absolute Gasteiger partial charge is 0.162 e. The highest BCUT2D eigenvalue weighted by Crippen LogP contribution is 2.30. The second-order valence-corrected chi connectivity index (χ2v) is 4.48. The Bertz CT molecular complexity index is 645. The van der Waals surface area contributed by atoms with Crippen LogP contribution in [0.15, 0.2) is 36.4 Å². The number of benzene rings is 2. The van der Waals surface area contributed by atoms with E-state index >= 15 is 0 Å². The monoisotopic (exact) mass is 288 g/mol. The molecule has 2 rings (SSSR count). The topological polar surface area (TPSA) is 68.3 Å². The van der Waals surface area contributed by atoms with Gasteiger partial charge in [-0.15, -0.1) is 0 Å². The van der Waals surface area contributed by atoms with Crippen LogP contribution in [0.1, 0.15) is 11.1 Å². The normalized spacial score (nSPS) is 9.85. The van der Waals surface area contributed by atoms with Gasteiger partial charge in [0, 0.05) is 22.3 Å². The van der Waals surface area contributed by atoms with Crippen molar-refractivity contribution in [2.24, 2.45) is 0 Å². The Labute approximate surface area is 122 Å². The molecule has 0 aliphatic carbocycles. The summed E-state index contributed by atoms with van der Waals surface area (Å²) in [7, 11) is 1.52. The fourth-order valence-electron chi connectivity index (χ4n) is 1.73. The number of hydrogen-bond donors (Lipinski definition) is 1. The number of nitriles is 1. The van der Waals surface area contributed by atoms with Crippen molar-refractivity contribution in [2.45, 2.75) is 6.61 Å². The summed E-state index contributed by atoms with van der Waals surface area (Å²) >= 11 is 6.08. The summed E-state index contributed by atoms with van der Waals surface area (Å²) in [6, 6.07) is 12.3. The van der Waals surface area contributed by atoms with E-state index in [1.54, 1.807) is 36.4 Å². The SMILES string of the molecule is COc1cc(C#N)ccc1OCc1c(N)cccc1Cl. The quantitative estimate of drug-likeness (QED) is 0.876. The van der Waals surface area contributed by atoms with Crippen molar-refractivity contribution in [3.63, 3.8) is 0 Å². The van der Waals surface area contributed by atoms with Crippen LogP contribution in [0.2, 0.25) is 5.02 Å². The van der Waals surface area contributed by atoms with Crippen LogP contribution in [-0.2, 0) is 6.61 Å². The molecule has 0 amide bonds. The van der Waals surface area contributed by atoms with Crippen molar-refractivity contribution >= 4 is 17.3 Å². The molecule has 5 heteroatoms. The molecular weight excluding hydrogens is 276 g/mol. The lowest BCUT2D eigenvalue weighted by Crippen LogP contribution is -2.02. The molecule has 0 atom stereocenters. The Balaban J connectivity index is 2.21. The van der Waals surface area contributed by atoms with E-state index in [2.05, 4.69) is 0 Å². The third-order valence-corrected chi connectivity index (χ3v) is 3.17. The molecule has 2 aromatic carbocycles. The molecule has 0 spiro atoms. The third-order valence-electron chi connectivity index (χ3n) is 2.82. The van der Waals surface area contributed by atoms with Crippen LogP contribution in [0.25, 0.3) is 0 Å². The van der Waals surface area contributed by atoms with Crippen molar-refractivity contribution in [3.05, 3.63) is 52.5 Å². The van der Waals surface area contributed by atoms with Gasteiger partial charge in [0.25, 0.3) is 0 Å². The molecule has 0 saturated carbocycles. The van der Waals surface area contributed by atoms with E-state index in [0.717, 1.165) is 5.56 Å². The maximum absolute atomic E-state index is 8.85. The number of nitrogen functional groups attached to an aromatic ring is 1. The minimum Gasteiger partial charge on any atom is -0.493 e. The fraction of sp³-hybridized carbons (Fsp3) is 0.133. The lowest BCUT2D eigenvalue weighted by molar-refractivity contribution is 0.285. The third kappa shape index (κ3) is 2.95. The van der Waals surface area contributed by atoms with Crippen molar-refractivity contribution in [1.29, 1.82) is 5.26 Å². The predicted octanol–water partition coefficient (Wildman–Crippen LogP) is 3.38. The zero-order valence-electron chi connectivity index (χ0n) is 10.9. The van der Waals surface area contributed by atoms with E-state index in [9.17, 15) is 0 Å². The zero-order chi connectivity index (χ0) is 14.5. The lowest BCUT2D eigenvalue weighted by atomic mass is 10.2. The summed E-state index contributed by atoms with van der Waals surface area (Å²) in [5.41, 5.74) is 7.67. The number of ether oxygens (including phenoxy) is 2. The first-order valence-corrected chi connectivity index (χ1v) is 6.27. The summed E-state index contributed by atoms with van der Waals surface area (Å²) < 4.78 is 10.9. The largest absolute Gasteiger partial charge is 0.493 e. The molecule has 0 aliphatic heterocycles. The average Bonchev–Trinajstić information content (AvgIpc) is 2.46. The van der Waals surface area contributed by atoms with Gasteiger partial charge < -0.3 is 15.2 Å². The molecule has 2 aromatic rings. The van der Waals surface area contributed by atoms with Gasteiger partial charge in [0.2, 0.25) is 0 Å². The van der Waals surface area contributed by atoms with Crippen LogP contribution in [0.5, 0.6) is 11.5 Å². The van der Waals surface area contributed by atoms with Crippen molar-refractivity contribution in [3.8, 4) is 17.6 Å². The Morgan fingerprint density at radius 3 is 2.70 bits per heavy atom. The molecule has 0 aromatic heterocycles. The minimum atomic E-state index is 0.230. The zero-order valence-corrected chi connectivity index (χ0v) is 11.6. The van der Waals surface area contributed by atoms with Gasteiger partial charge in [0.1, 0.15) is 6.61 Å². The van der Waals surface area contributed by atoms with Gasteiger partial charge >= 0.3 is 0 Å². The number of halogens is 1. The molecule has 0 heterocycles. The van der Waals surface area contributed by atoms with Gasteiger partial charge in [-0.25, -0.2) is 0 Å². The van der Waals surface area contributed by atoms with Crippen LogP contribution < -0.4 is 15.2 Å². The van der Waals surface area contributed by atoms with Gasteiger partial charge in [-0.05, 0) is 24.3 Å². The van der Waals surface area contributed by atoms with E-state index in [-0.39, 0.29) is 6.61 Å². The van der Waals surface area contributed by atoms with Gasteiger partial charge in [0.05, 0.1) is 18.7 Å². The lowest BCUT2D eigenvalue weighted by Gasteiger charge is -2.13. The van der Waals surface area contributed by atoms with Crippen molar-refractivity contribution in [2.75, 3.05) is 12.8 Å². The first kappa shape index (κ1) is 14.0. The Morgan fingerprint density at radius 2 is 2.05 bits per heavy atom. The standard InChI is InChI=1S/C15H13ClN2O2/c1-19-15-7-10(8-17)5-6-14(15)20-9-11-12(16)3-2-4-13(11)18/h2-7H,9,18H2,1H3. The Morgan fingerprint density at radius 1 is 1.25 bits per heavy atom. The summed E-state index contributed by atoms with van der Waals surface area (Å²) in [4.78, 5) is 0. The van der Waals surface area contributed by atoms with Crippen LogP contribution in [0.4, 0.5) is 5.69 Å². The second-order valence-electron chi connectivity index (χ2n) is 4.07. The molecule has 0 radical (unpaired) electrons. The average molecular weight is 289 g/mol. The maximum Gasteiger partial charge on any atom is 0.162 e. The van der Waals surface area contributed by atoms with Crippen molar-refractivity contribution < 1.29 is 9.47 Å². The maximum atomic E-state index is 8.85. The first-order chi connectivity index (χ1) is 9.65. The van der Waals surface area contributed by atoms with E-state index in [1.165, 1.54) is 7.11 Å². The molecular formula is C15H13ClN2O2. The number of hydrogen-bond acceptors (Lipinski definition) is 4. The van der Waals surface area contributed by atoms with Crippen LogP contribution >= 0.6 is 11.6 Å². The van der Waals surface area contributed by atoms with Crippen LogP contribution in [-0.4, -0.2) is 7.11 Å². The molecule has 20 heavy (non-hydrogen) atoms. The molecule has 4 nitrogen and oxygen atoms in total. The predicted molar refractivity (Wildman–Crippen MR) is 77.9 cm³/mol. The highest BCUT2D eigenvalue weighted by molar-refractivity contribution is 6.31. The van der Waals surface area contributed by atoms with Gasteiger partial charge in [-0.2, -0.15) is 5.26 Å². The van der Waals surface area contributed by atoms with Crippen LogP contribution in [0, 0.1) is 11.3 Å². The Hall–Kier alpha value is -2.38. The number of nitrogens with zero attached hydrogens (tertiary/aromatic N) is 1. The first-order valence-electron chi connectivity index (χ1n) is 5.89. The Kier molecular flexibility index (Phi) is 4.34. The molecule has 0 unspecified atom stereocenters. The summed E-state index contributed by atoms with van der Waals surface area (Å²) in [5, 5.41) is 9.40. The van der Waals surface area contributed by atoms with E-state index in [4.69, 9.17) is 32.1 Å². The summed E-state index contributed by atoms with van der Waals surface area (Å²) in [6.07, 6.45) is 0. The number of rotatable bonds is 4. The van der Waals surface area contributed by atoms with Crippen molar-refractivity contribution in [1.82, 2.24) is 0 Å². The molecule has 2 N–H and O–H groups in total. The highest BCUT2D eigenvalue weighted by atomic mass is 35.5. The summed E-state index contributed by atoms with van der Waals surface area (Å²) in [6.45, 7) is 0.230. The minimum absolute atomic E-state index is 0.230. The van der Waals surface area contributed by atoms with E-state index in [0.29, 0.717) is 27.8 Å². The number of methoxy groups -OCH3 is 1. The molecule has 0 fully saturated rings.